The lowest BCUT2D eigenvalue weighted by molar-refractivity contribution is -0.138. The van der Waals surface area contributed by atoms with Gasteiger partial charge in [-0.3, -0.25) is 9.48 Å². The minimum absolute atomic E-state index is 0.0352. The molecule has 0 aliphatic rings. The maximum absolute atomic E-state index is 13.7. The topological polar surface area (TPSA) is 85.4 Å². The highest BCUT2D eigenvalue weighted by Gasteiger charge is 2.33. The van der Waals surface area contributed by atoms with Crippen molar-refractivity contribution in [3.63, 3.8) is 0 Å². The first-order valence-corrected chi connectivity index (χ1v) is 12.7. The summed E-state index contributed by atoms with van der Waals surface area (Å²) in [5.74, 6) is -0.625. The van der Waals surface area contributed by atoms with Gasteiger partial charge >= 0.3 is 18.3 Å². The van der Waals surface area contributed by atoms with E-state index in [1.54, 1.807) is 30.3 Å². The van der Waals surface area contributed by atoms with Crippen LogP contribution in [0.1, 0.15) is 54.0 Å². The van der Waals surface area contributed by atoms with Crippen LogP contribution < -0.4 is 9.80 Å². The molecule has 0 aliphatic carbocycles. The third-order valence-corrected chi connectivity index (χ3v) is 6.41. The summed E-state index contributed by atoms with van der Waals surface area (Å²) >= 11 is 0. The maximum Gasteiger partial charge on any atom is 0.416 e. The zero-order valence-corrected chi connectivity index (χ0v) is 22.4. The van der Waals surface area contributed by atoms with Crippen LogP contribution >= 0.6 is 0 Å². The van der Waals surface area contributed by atoms with Crippen LogP contribution in [0.15, 0.2) is 48.7 Å². The lowest BCUT2D eigenvalue weighted by Gasteiger charge is -2.30. The number of nitriles is 1. The Morgan fingerprint density at radius 2 is 1.68 bits per heavy atom. The molecular weight excluding hydrogens is 552 g/mol. The lowest BCUT2D eigenvalue weighted by atomic mass is 10.0. The number of halogens is 6. The summed E-state index contributed by atoms with van der Waals surface area (Å²) < 4.78 is 83.2. The highest BCUT2D eigenvalue weighted by Crippen LogP contribution is 2.35. The smallest absolute Gasteiger partial charge is 0.416 e. The Morgan fingerprint density at radius 3 is 2.24 bits per heavy atom. The molecule has 0 saturated carbocycles. The fraction of sp³-hybridized carbons (Fsp3) is 0.393. The quantitative estimate of drug-likeness (QED) is 0.191. The van der Waals surface area contributed by atoms with Crippen LogP contribution in [-0.4, -0.2) is 33.9 Å². The standard InChI is InChI=1S/C28H29F6N5O2/c1-3-38(10-5-4-6-26(40)41)24-8-7-22(27(29,30)31)15-21(24)18-39(25-9-11-37(2)36-25)17-20-12-19(16-35)13-23(14-20)28(32,33)34/h7-9,11-15H,3-6,10,17-18H2,1-2H3,(H,40,41). The van der Waals surface area contributed by atoms with Crippen molar-refractivity contribution in [1.29, 1.82) is 5.26 Å². The van der Waals surface area contributed by atoms with E-state index in [2.05, 4.69) is 5.10 Å². The molecule has 7 nitrogen and oxygen atoms in total. The van der Waals surface area contributed by atoms with Crippen LogP contribution in [0.25, 0.3) is 0 Å². The molecule has 0 amide bonds. The van der Waals surface area contributed by atoms with Crippen LogP contribution in [0.5, 0.6) is 0 Å². The number of rotatable bonds is 12. The first-order valence-electron chi connectivity index (χ1n) is 12.7. The number of carboxylic acids is 1. The number of aromatic nitrogens is 2. The number of benzene rings is 2. The molecule has 1 heterocycles. The summed E-state index contributed by atoms with van der Waals surface area (Å²) in [4.78, 5) is 14.3. The van der Waals surface area contributed by atoms with E-state index in [9.17, 15) is 36.4 Å². The highest BCUT2D eigenvalue weighted by atomic mass is 19.4. The van der Waals surface area contributed by atoms with Gasteiger partial charge in [0.2, 0.25) is 0 Å². The summed E-state index contributed by atoms with van der Waals surface area (Å²) in [6.07, 6.45) is -6.89. The molecule has 1 aromatic heterocycles. The van der Waals surface area contributed by atoms with Crippen molar-refractivity contribution in [3.8, 4) is 6.07 Å². The Kier molecular flexibility index (Phi) is 9.91. The second kappa shape index (κ2) is 13.0. The van der Waals surface area contributed by atoms with Gasteiger partial charge in [0.15, 0.2) is 5.82 Å². The Labute approximate surface area is 233 Å². The zero-order chi connectivity index (χ0) is 30.4. The van der Waals surface area contributed by atoms with Crippen LogP contribution in [0.4, 0.5) is 37.8 Å². The van der Waals surface area contributed by atoms with E-state index in [4.69, 9.17) is 5.11 Å². The molecule has 0 unspecified atom stereocenters. The van der Waals surface area contributed by atoms with Gasteiger partial charge in [0.25, 0.3) is 0 Å². The summed E-state index contributed by atoms with van der Waals surface area (Å²) in [5.41, 5.74) is -1.21. The molecule has 2 aromatic carbocycles. The molecule has 0 bridgehead atoms. The van der Waals surface area contributed by atoms with Crippen LogP contribution in [-0.2, 0) is 37.3 Å². The first kappa shape index (κ1) is 31.3. The predicted octanol–water partition coefficient (Wildman–Crippen LogP) is 6.62. The van der Waals surface area contributed by atoms with Gasteiger partial charge in [0, 0.05) is 57.6 Å². The fourth-order valence-electron chi connectivity index (χ4n) is 4.45. The maximum atomic E-state index is 13.7. The number of hydrogen-bond donors (Lipinski definition) is 1. The Bertz CT molecular complexity index is 1390. The first-order chi connectivity index (χ1) is 19.2. The van der Waals surface area contributed by atoms with Crippen molar-refractivity contribution in [3.05, 3.63) is 76.5 Å². The fourth-order valence-corrected chi connectivity index (χ4v) is 4.45. The largest absolute Gasteiger partial charge is 0.481 e. The molecule has 0 saturated heterocycles. The molecule has 3 rings (SSSR count). The normalized spacial score (nSPS) is 11.8. The van der Waals surface area contributed by atoms with Crippen molar-refractivity contribution in [2.24, 2.45) is 7.05 Å². The molecule has 41 heavy (non-hydrogen) atoms. The van der Waals surface area contributed by atoms with Crippen molar-refractivity contribution in [2.75, 3.05) is 22.9 Å². The van der Waals surface area contributed by atoms with Crippen LogP contribution in [0, 0.1) is 11.3 Å². The number of unbranched alkanes of at least 4 members (excludes halogenated alkanes) is 1. The molecule has 220 valence electrons. The van der Waals surface area contributed by atoms with Gasteiger partial charge in [-0.15, -0.1) is 0 Å². The predicted molar refractivity (Wildman–Crippen MR) is 140 cm³/mol. The third-order valence-electron chi connectivity index (χ3n) is 6.41. The Morgan fingerprint density at radius 1 is 0.976 bits per heavy atom. The molecular formula is C28H29F6N5O2. The molecule has 3 aromatic rings. The van der Waals surface area contributed by atoms with Gasteiger partial charge < -0.3 is 14.9 Å². The summed E-state index contributed by atoms with van der Waals surface area (Å²) in [5, 5.41) is 22.5. The third kappa shape index (κ3) is 8.64. The second-order valence-electron chi connectivity index (χ2n) is 9.50. The Balaban J connectivity index is 2.05. The number of carbonyl (C=O) groups is 1. The van der Waals surface area contributed by atoms with Gasteiger partial charge in [0.1, 0.15) is 0 Å². The van der Waals surface area contributed by atoms with Gasteiger partial charge in [-0.2, -0.15) is 36.7 Å². The van der Waals surface area contributed by atoms with E-state index in [-0.39, 0.29) is 36.2 Å². The molecule has 0 fully saturated rings. The second-order valence-corrected chi connectivity index (χ2v) is 9.50. The van der Waals surface area contributed by atoms with Gasteiger partial charge in [-0.05, 0) is 67.3 Å². The summed E-state index contributed by atoms with van der Waals surface area (Å²) in [6.45, 7) is 2.33. The number of aryl methyl sites for hydroxylation is 1. The van der Waals surface area contributed by atoms with E-state index in [1.165, 1.54) is 16.8 Å². The molecule has 1 N–H and O–H groups in total. The molecule has 0 spiro atoms. The van der Waals surface area contributed by atoms with Gasteiger partial charge in [-0.25, -0.2) is 0 Å². The number of anilines is 2. The average molecular weight is 582 g/mol. The SMILES string of the molecule is CCN(CCCCC(=O)O)c1ccc(C(F)(F)F)cc1CN(Cc1cc(C#N)cc(C(F)(F)F)c1)c1ccn(C)n1. The number of nitrogens with zero attached hydrogens (tertiary/aromatic N) is 5. The number of aliphatic carboxylic acids is 1. The van der Waals surface area contributed by atoms with E-state index < -0.39 is 29.4 Å². The minimum Gasteiger partial charge on any atom is -0.481 e. The summed E-state index contributed by atoms with van der Waals surface area (Å²) in [6, 6.07) is 9.61. The minimum atomic E-state index is -4.70. The van der Waals surface area contributed by atoms with Crippen molar-refractivity contribution < 1.29 is 36.2 Å². The molecule has 0 radical (unpaired) electrons. The monoisotopic (exact) mass is 581 g/mol. The van der Waals surface area contributed by atoms with E-state index >= 15 is 0 Å². The van der Waals surface area contributed by atoms with E-state index in [1.807, 2.05) is 11.8 Å². The zero-order valence-electron chi connectivity index (χ0n) is 22.4. The van der Waals surface area contributed by atoms with Crippen LogP contribution in [0.2, 0.25) is 0 Å². The molecule has 13 heteroatoms. The Hall–Kier alpha value is -4.21. The van der Waals surface area contributed by atoms with Gasteiger partial charge in [0.05, 0.1) is 22.8 Å². The van der Waals surface area contributed by atoms with Crippen molar-refractivity contribution in [2.45, 2.75) is 51.6 Å². The van der Waals surface area contributed by atoms with Crippen molar-refractivity contribution in [1.82, 2.24) is 9.78 Å². The molecule has 0 aliphatic heterocycles. The van der Waals surface area contributed by atoms with E-state index in [0.717, 1.165) is 24.3 Å². The number of hydrogen-bond acceptors (Lipinski definition) is 5. The van der Waals surface area contributed by atoms with E-state index in [0.29, 0.717) is 37.4 Å². The lowest BCUT2D eigenvalue weighted by Crippen LogP contribution is -2.29. The van der Waals surface area contributed by atoms with Crippen LogP contribution in [0.3, 0.4) is 0 Å². The number of alkyl halides is 6. The molecule has 0 atom stereocenters. The summed E-state index contributed by atoms with van der Waals surface area (Å²) in [7, 11) is 1.63. The highest BCUT2D eigenvalue weighted by molar-refractivity contribution is 5.66. The average Bonchev–Trinajstić information content (AvgIpc) is 3.33. The van der Waals surface area contributed by atoms with Gasteiger partial charge in [-0.1, -0.05) is 0 Å². The number of carboxylic acid groups (broad SMARTS) is 1. The van der Waals surface area contributed by atoms with Crippen molar-refractivity contribution >= 4 is 17.5 Å².